The molecule has 62 valence electrons. The Morgan fingerprint density at radius 3 is 2.73 bits per heavy atom. The van der Waals surface area contributed by atoms with Crippen LogP contribution in [0.2, 0.25) is 0 Å². The number of esters is 1. The van der Waals surface area contributed by atoms with E-state index in [4.69, 9.17) is 16.3 Å². The molecule has 1 aliphatic rings. The Kier molecular flexibility index (Phi) is 2.39. The molecule has 0 unspecified atom stereocenters. The summed E-state index contributed by atoms with van der Waals surface area (Å²) in [6, 6.07) is 0. The van der Waals surface area contributed by atoms with E-state index in [1.165, 1.54) is 6.92 Å². The second kappa shape index (κ2) is 3.13. The second-order valence-electron chi connectivity index (χ2n) is 2.38. The van der Waals surface area contributed by atoms with E-state index in [0.29, 0.717) is 17.9 Å². The molecule has 0 bridgehead atoms. The molecule has 0 saturated carbocycles. The molecule has 0 spiro atoms. The van der Waals surface area contributed by atoms with Crippen molar-refractivity contribution in [3.63, 3.8) is 0 Å². The van der Waals surface area contributed by atoms with Crippen LogP contribution in [0.15, 0.2) is 11.3 Å². The number of rotatable bonds is 2. The number of hydrogen-bond donors (Lipinski definition) is 1. The molecular weight excluding hydrogens is 168 g/mol. The normalized spacial score (nSPS) is 24.2. The molecule has 11 heavy (non-hydrogen) atoms. The average molecular weight is 177 g/mol. The molecule has 0 radical (unpaired) electrons. The first-order valence-corrected chi connectivity index (χ1v) is 3.87. The van der Waals surface area contributed by atoms with E-state index in [0.717, 1.165) is 0 Å². The Labute approximate surface area is 69.6 Å². The number of hydrogen-bond acceptors (Lipinski definition) is 3. The summed E-state index contributed by atoms with van der Waals surface area (Å²) in [7, 11) is 0. The highest BCUT2D eigenvalue weighted by molar-refractivity contribution is 6.17. The minimum absolute atomic E-state index is 0.0238. The zero-order valence-corrected chi connectivity index (χ0v) is 6.89. The number of aliphatic hydroxyl groups is 1. The van der Waals surface area contributed by atoms with Gasteiger partial charge in [0.1, 0.15) is 5.76 Å². The Balaban J connectivity index is 2.69. The van der Waals surface area contributed by atoms with Gasteiger partial charge in [-0.05, 0) is 6.92 Å². The number of ether oxygens (including phenoxy) is 1. The van der Waals surface area contributed by atoms with Crippen LogP contribution in [0.5, 0.6) is 0 Å². The predicted molar refractivity (Wildman–Crippen MR) is 40.5 cm³/mol. The third kappa shape index (κ3) is 1.48. The molecule has 1 N–H and O–H groups in total. The maximum Gasteiger partial charge on any atom is 0.337 e. The number of aliphatic hydroxyl groups excluding tert-OH is 1. The average Bonchev–Trinajstić information content (AvgIpc) is 2.19. The van der Waals surface area contributed by atoms with Crippen LogP contribution in [0.4, 0.5) is 0 Å². The SMILES string of the molecule is CC1=C(O)[C@H](CCCl)OC1=O. The van der Waals surface area contributed by atoms with Gasteiger partial charge in [-0.2, -0.15) is 0 Å². The Morgan fingerprint density at radius 1 is 1.73 bits per heavy atom. The van der Waals surface area contributed by atoms with E-state index < -0.39 is 12.1 Å². The van der Waals surface area contributed by atoms with E-state index in [1.54, 1.807) is 0 Å². The van der Waals surface area contributed by atoms with Gasteiger partial charge >= 0.3 is 5.97 Å². The first-order chi connectivity index (χ1) is 5.16. The summed E-state index contributed by atoms with van der Waals surface area (Å²) in [5, 5.41) is 9.23. The van der Waals surface area contributed by atoms with Gasteiger partial charge < -0.3 is 9.84 Å². The molecule has 1 aliphatic heterocycles. The van der Waals surface area contributed by atoms with Crippen LogP contribution in [0.1, 0.15) is 13.3 Å². The van der Waals surface area contributed by atoms with Crippen LogP contribution in [0, 0.1) is 0 Å². The minimum Gasteiger partial charge on any atom is -0.508 e. The fraction of sp³-hybridized carbons (Fsp3) is 0.571. The van der Waals surface area contributed by atoms with Gasteiger partial charge in [-0.15, -0.1) is 11.6 Å². The first-order valence-electron chi connectivity index (χ1n) is 3.33. The van der Waals surface area contributed by atoms with Crippen molar-refractivity contribution in [2.45, 2.75) is 19.4 Å². The van der Waals surface area contributed by atoms with Crippen LogP contribution in [0.3, 0.4) is 0 Å². The van der Waals surface area contributed by atoms with E-state index in [1.807, 2.05) is 0 Å². The molecule has 4 heteroatoms. The van der Waals surface area contributed by atoms with Crippen molar-refractivity contribution in [3.05, 3.63) is 11.3 Å². The fourth-order valence-corrected chi connectivity index (χ4v) is 1.11. The molecular formula is C7H9ClO3. The van der Waals surface area contributed by atoms with Crippen molar-refractivity contribution >= 4 is 17.6 Å². The number of carbonyl (C=O) groups is 1. The lowest BCUT2D eigenvalue weighted by Gasteiger charge is -2.06. The third-order valence-corrected chi connectivity index (χ3v) is 1.83. The summed E-state index contributed by atoms with van der Waals surface area (Å²) in [6.45, 7) is 1.53. The van der Waals surface area contributed by atoms with E-state index in [2.05, 4.69) is 0 Å². The van der Waals surface area contributed by atoms with E-state index in [-0.39, 0.29) is 5.76 Å². The van der Waals surface area contributed by atoms with E-state index in [9.17, 15) is 9.90 Å². The molecule has 0 aromatic rings. The molecule has 1 rings (SSSR count). The van der Waals surface area contributed by atoms with Crippen molar-refractivity contribution in [1.29, 1.82) is 0 Å². The van der Waals surface area contributed by atoms with Gasteiger partial charge in [-0.3, -0.25) is 0 Å². The molecule has 0 aromatic carbocycles. The highest BCUT2D eigenvalue weighted by atomic mass is 35.5. The first kappa shape index (κ1) is 8.40. The summed E-state index contributed by atoms with van der Waals surface area (Å²) in [5.74, 6) is -0.0526. The zero-order chi connectivity index (χ0) is 8.43. The predicted octanol–water partition coefficient (Wildman–Crippen LogP) is 1.37. The van der Waals surface area contributed by atoms with Gasteiger partial charge in [0.05, 0.1) is 5.57 Å². The van der Waals surface area contributed by atoms with Gasteiger partial charge in [0.15, 0.2) is 6.10 Å². The molecule has 1 heterocycles. The summed E-state index contributed by atoms with van der Waals surface area (Å²) in [5.41, 5.74) is 0.292. The number of carbonyl (C=O) groups excluding carboxylic acids is 1. The zero-order valence-electron chi connectivity index (χ0n) is 6.13. The highest BCUT2D eigenvalue weighted by Crippen LogP contribution is 2.22. The lowest BCUT2D eigenvalue weighted by molar-refractivity contribution is -0.140. The molecule has 0 aliphatic carbocycles. The van der Waals surface area contributed by atoms with Crippen molar-refractivity contribution in [1.82, 2.24) is 0 Å². The van der Waals surface area contributed by atoms with Gasteiger partial charge in [-0.1, -0.05) is 0 Å². The standard InChI is InChI=1S/C7H9ClO3/c1-4-6(9)5(2-3-8)11-7(4)10/h5,9H,2-3H2,1H3/t5-/m0/s1. The molecule has 0 amide bonds. The van der Waals surface area contributed by atoms with Crippen LogP contribution in [-0.4, -0.2) is 23.1 Å². The van der Waals surface area contributed by atoms with Gasteiger partial charge in [0, 0.05) is 12.3 Å². The van der Waals surface area contributed by atoms with Crippen molar-refractivity contribution < 1.29 is 14.6 Å². The highest BCUT2D eigenvalue weighted by Gasteiger charge is 2.30. The van der Waals surface area contributed by atoms with Gasteiger partial charge in [0.25, 0.3) is 0 Å². The van der Waals surface area contributed by atoms with Gasteiger partial charge in [0.2, 0.25) is 0 Å². The Bertz CT molecular complexity index is 210. The van der Waals surface area contributed by atoms with Crippen LogP contribution < -0.4 is 0 Å². The topological polar surface area (TPSA) is 46.5 Å². The summed E-state index contributed by atoms with van der Waals surface area (Å²) in [4.78, 5) is 10.8. The maximum absolute atomic E-state index is 10.8. The van der Waals surface area contributed by atoms with Crippen molar-refractivity contribution in [2.24, 2.45) is 0 Å². The van der Waals surface area contributed by atoms with Crippen molar-refractivity contribution in [2.75, 3.05) is 5.88 Å². The minimum atomic E-state index is -0.514. The Morgan fingerprint density at radius 2 is 2.36 bits per heavy atom. The maximum atomic E-state index is 10.8. The largest absolute Gasteiger partial charge is 0.508 e. The molecule has 3 nitrogen and oxygen atoms in total. The summed E-state index contributed by atoms with van der Waals surface area (Å²) >= 11 is 5.42. The molecule has 0 saturated heterocycles. The smallest absolute Gasteiger partial charge is 0.337 e. The lowest BCUT2D eigenvalue weighted by atomic mass is 10.2. The fourth-order valence-electron chi connectivity index (χ4n) is 0.914. The monoisotopic (exact) mass is 176 g/mol. The number of cyclic esters (lactones) is 1. The molecule has 1 atom stereocenters. The number of halogens is 1. The van der Waals surface area contributed by atoms with Crippen LogP contribution in [-0.2, 0) is 9.53 Å². The van der Waals surface area contributed by atoms with Gasteiger partial charge in [-0.25, -0.2) is 4.79 Å². The van der Waals surface area contributed by atoms with Crippen LogP contribution >= 0.6 is 11.6 Å². The summed E-state index contributed by atoms with van der Waals surface area (Å²) in [6.07, 6.45) is -0.0452. The summed E-state index contributed by atoms with van der Waals surface area (Å²) < 4.78 is 4.78. The quantitative estimate of drug-likeness (QED) is 0.511. The van der Waals surface area contributed by atoms with Crippen LogP contribution in [0.25, 0.3) is 0 Å². The van der Waals surface area contributed by atoms with Crippen molar-refractivity contribution in [3.8, 4) is 0 Å². The molecule has 0 aromatic heterocycles. The second-order valence-corrected chi connectivity index (χ2v) is 2.76. The lowest BCUT2D eigenvalue weighted by Crippen LogP contribution is -2.11. The van der Waals surface area contributed by atoms with E-state index >= 15 is 0 Å². The number of alkyl halides is 1. The molecule has 0 fully saturated rings. The Hall–Kier alpha value is -0.700. The third-order valence-electron chi connectivity index (χ3n) is 1.62.